The highest BCUT2D eigenvalue weighted by Gasteiger charge is 2.44. The van der Waals surface area contributed by atoms with Gasteiger partial charge in [0.2, 0.25) is 11.7 Å². The van der Waals surface area contributed by atoms with E-state index in [-0.39, 0.29) is 12.3 Å². The van der Waals surface area contributed by atoms with Gasteiger partial charge in [0, 0.05) is 0 Å². The standard InChI is InChI=1S/C11H13N3O4/c1-6-8(18-5-12-6)9(16)14-4-7(15)13-10(17)11(14,2)3/h5H,4H2,1-3H3,(H,13,15,17). The summed E-state index contributed by atoms with van der Waals surface area (Å²) in [5, 5.41) is 2.20. The predicted octanol–water partition coefficient (Wildman–Crippen LogP) is -0.140. The lowest BCUT2D eigenvalue weighted by molar-refractivity contribution is -0.143. The molecule has 18 heavy (non-hydrogen) atoms. The van der Waals surface area contributed by atoms with Gasteiger partial charge < -0.3 is 9.32 Å². The Hall–Kier alpha value is -2.18. The van der Waals surface area contributed by atoms with Gasteiger partial charge in [-0.05, 0) is 20.8 Å². The largest absolute Gasteiger partial charge is 0.438 e. The van der Waals surface area contributed by atoms with Gasteiger partial charge in [-0.2, -0.15) is 0 Å². The first kappa shape index (κ1) is 12.3. The zero-order valence-corrected chi connectivity index (χ0v) is 10.3. The Labute approximate surface area is 103 Å². The number of hydrogen-bond acceptors (Lipinski definition) is 5. The predicted molar refractivity (Wildman–Crippen MR) is 59.5 cm³/mol. The number of piperazine rings is 1. The molecule has 1 saturated heterocycles. The molecule has 1 aromatic rings. The van der Waals surface area contributed by atoms with Crippen LogP contribution in [0.2, 0.25) is 0 Å². The van der Waals surface area contributed by atoms with Crippen LogP contribution in [-0.4, -0.2) is 39.7 Å². The van der Waals surface area contributed by atoms with Gasteiger partial charge in [0.25, 0.3) is 11.8 Å². The molecule has 3 amide bonds. The summed E-state index contributed by atoms with van der Waals surface area (Å²) in [5.41, 5.74) is -0.682. The molecule has 7 heteroatoms. The number of hydrogen-bond donors (Lipinski definition) is 1. The first-order chi connectivity index (χ1) is 8.34. The van der Waals surface area contributed by atoms with Crippen LogP contribution in [0, 0.1) is 6.92 Å². The molecule has 0 spiro atoms. The molecule has 1 aromatic heterocycles. The van der Waals surface area contributed by atoms with E-state index in [4.69, 9.17) is 4.42 Å². The lowest BCUT2D eigenvalue weighted by Crippen LogP contribution is -2.65. The van der Waals surface area contributed by atoms with Gasteiger partial charge in [0.05, 0.1) is 5.69 Å². The molecule has 2 rings (SSSR count). The highest BCUT2D eigenvalue weighted by molar-refractivity contribution is 6.08. The molecule has 0 atom stereocenters. The number of imide groups is 1. The van der Waals surface area contributed by atoms with Crippen LogP contribution in [0.5, 0.6) is 0 Å². The maximum absolute atomic E-state index is 12.2. The van der Waals surface area contributed by atoms with Gasteiger partial charge in [-0.25, -0.2) is 4.98 Å². The molecule has 96 valence electrons. The molecule has 1 fully saturated rings. The fourth-order valence-corrected chi connectivity index (χ4v) is 1.74. The lowest BCUT2D eigenvalue weighted by Gasteiger charge is -2.39. The highest BCUT2D eigenvalue weighted by atomic mass is 16.4. The van der Waals surface area contributed by atoms with E-state index in [1.54, 1.807) is 20.8 Å². The number of aromatic nitrogens is 1. The third-order valence-corrected chi connectivity index (χ3v) is 2.97. The summed E-state index contributed by atoms with van der Waals surface area (Å²) in [4.78, 5) is 40.3. The molecule has 0 bridgehead atoms. The van der Waals surface area contributed by atoms with Crippen molar-refractivity contribution in [2.45, 2.75) is 26.3 Å². The monoisotopic (exact) mass is 251 g/mol. The molecular weight excluding hydrogens is 238 g/mol. The molecule has 2 heterocycles. The molecule has 0 aromatic carbocycles. The van der Waals surface area contributed by atoms with E-state index >= 15 is 0 Å². The van der Waals surface area contributed by atoms with E-state index < -0.39 is 23.3 Å². The zero-order chi connectivity index (χ0) is 13.5. The van der Waals surface area contributed by atoms with Crippen molar-refractivity contribution >= 4 is 17.7 Å². The first-order valence-corrected chi connectivity index (χ1v) is 5.40. The number of rotatable bonds is 1. The lowest BCUT2D eigenvalue weighted by atomic mass is 9.98. The van der Waals surface area contributed by atoms with Crippen LogP contribution in [0.1, 0.15) is 30.1 Å². The smallest absolute Gasteiger partial charge is 0.292 e. The fourth-order valence-electron chi connectivity index (χ4n) is 1.74. The molecule has 1 aliphatic heterocycles. The number of carbonyl (C=O) groups excluding carboxylic acids is 3. The Kier molecular flexibility index (Phi) is 2.68. The highest BCUT2D eigenvalue weighted by Crippen LogP contribution is 2.22. The molecule has 7 nitrogen and oxygen atoms in total. The molecule has 0 aliphatic carbocycles. The van der Waals surface area contributed by atoms with Crippen LogP contribution in [0.4, 0.5) is 0 Å². The van der Waals surface area contributed by atoms with Crippen molar-refractivity contribution in [3.63, 3.8) is 0 Å². The topological polar surface area (TPSA) is 92.5 Å². The Morgan fingerprint density at radius 2 is 2.17 bits per heavy atom. The van der Waals surface area contributed by atoms with Crippen molar-refractivity contribution in [2.75, 3.05) is 6.54 Å². The van der Waals surface area contributed by atoms with Crippen LogP contribution >= 0.6 is 0 Å². The second-order valence-electron chi connectivity index (χ2n) is 4.59. The molecule has 0 radical (unpaired) electrons. The number of carbonyl (C=O) groups is 3. The summed E-state index contributed by atoms with van der Waals surface area (Å²) in [6.45, 7) is 4.57. The molecule has 0 unspecified atom stereocenters. The van der Waals surface area contributed by atoms with Crippen LogP contribution in [0.3, 0.4) is 0 Å². The van der Waals surface area contributed by atoms with Gasteiger partial charge in [0.1, 0.15) is 12.1 Å². The Bertz CT molecular complexity index is 532. The van der Waals surface area contributed by atoms with E-state index in [2.05, 4.69) is 10.3 Å². The minimum absolute atomic E-state index is 0.0468. The number of nitrogens with zero attached hydrogens (tertiary/aromatic N) is 2. The van der Waals surface area contributed by atoms with Gasteiger partial charge >= 0.3 is 0 Å². The number of oxazole rings is 1. The summed E-state index contributed by atoms with van der Waals surface area (Å²) in [7, 11) is 0. The minimum Gasteiger partial charge on any atom is -0.438 e. The van der Waals surface area contributed by atoms with E-state index in [0.29, 0.717) is 5.69 Å². The Morgan fingerprint density at radius 1 is 1.50 bits per heavy atom. The molecule has 1 aliphatic rings. The summed E-state index contributed by atoms with van der Waals surface area (Å²) in [6, 6.07) is 0. The van der Waals surface area contributed by atoms with E-state index in [9.17, 15) is 14.4 Å². The zero-order valence-electron chi connectivity index (χ0n) is 10.3. The van der Waals surface area contributed by atoms with Crippen molar-refractivity contribution in [3.8, 4) is 0 Å². The van der Waals surface area contributed by atoms with Crippen molar-refractivity contribution in [2.24, 2.45) is 0 Å². The van der Waals surface area contributed by atoms with Crippen LogP contribution in [0.25, 0.3) is 0 Å². The summed E-state index contributed by atoms with van der Waals surface area (Å²) >= 11 is 0. The van der Waals surface area contributed by atoms with Crippen LogP contribution < -0.4 is 5.32 Å². The van der Waals surface area contributed by atoms with Gasteiger partial charge in [-0.15, -0.1) is 0 Å². The van der Waals surface area contributed by atoms with Crippen molar-refractivity contribution in [1.82, 2.24) is 15.2 Å². The Morgan fingerprint density at radius 3 is 2.72 bits per heavy atom. The molecule has 1 N–H and O–H groups in total. The first-order valence-electron chi connectivity index (χ1n) is 5.40. The average Bonchev–Trinajstić information content (AvgIpc) is 2.69. The minimum atomic E-state index is -1.11. The van der Waals surface area contributed by atoms with E-state index in [1.165, 1.54) is 4.90 Å². The maximum atomic E-state index is 12.2. The summed E-state index contributed by atoms with van der Waals surface area (Å²) < 4.78 is 5.00. The summed E-state index contributed by atoms with van der Waals surface area (Å²) in [6.07, 6.45) is 1.15. The third kappa shape index (κ3) is 1.77. The third-order valence-electron chi connectivity index (χ3n) is 2.97. The number of amides is 3. The SMILES string of the molecule is Cc1ncoc1C(=O)N1CC(=O)NC(=O)C1(C)C. The van der Waals surface area contributed by atoms with Crippen molar-refractivity contribution in [3.05, 3.63) is 17.8 Å². The van der Waals surface area contributed by atoms with Crippen molar-refractivity contribution in [1.29, 1.82) is 0 Å². The average molecular weight is 251 g/mol. The van der Waals surface area contributed by atoms with Gasteiger partial charge in [-0.3, -0.25) is 19.7 Å². The second-order valence-corrected chi connectivity index (χ2v) is 4.59. The van der Waals surface area contributed by atoms with Crippen LogP contribution in [0.15, 0.2) is 10.8 Å². The van der Waals surface area contributed by atoms with Crippen molar-refractivity contribution < 1.29 is 18.8 Å². The second kappa shape index (κ2) is 3.94. The molecular formula is C11H13N3O4. The maximum Gasteiger partial charge on any atom is 0.292 e. The molecule has 0 saturated carbocycles. The van der Waals surface area contributed by atoms with Gasteiger partial charge in [0.15, 0.2) is 6.39 Å². The van der Waals surface area contributed by atoms with E-state index in [0.717, 1.165) is 6.39 Å². The normalized spacial score (nSPS) is 18.7. The number of nitrogens with one attached hydrogen (secondary N) is 1. The fraction of sp³-hybridized carbons (Fsp3) is 0.455. The quantitative estimate of drug-likeness (QED) is 0.701. The van der Waals surface area contributed by atoms with Gasteiger partial charge in [-0.1, -0.05) is 0 Å². The Balaban J connectivity index is 2.37. The summed E-state index contributed by atoms with van der Waals surface area (Å²) in [5.74, 6) is -1.49. The van der Waals surface area contributed by atoms with E-state index in [1.807, 2.05) is 0 Å². The van der Waals surface area contributed by atoms with Crippen LogP contribution in [-0.2, 0) is 9.59 Å². The number of aryl methyl sites for hydroxylation is 1.